The van der Waals surface area contributed by atoms with Crippen molar-refractivity contribution in [2.24, 2.45) is 0 Å². The fourth-order valence-electron chi connectivity index (χ4n) is 2.54. The van der Waals surface area contributed by atoms with Crippen LogP contribution < -0.4 is 0 Å². The van der Waals surface area contributed by atoms with Gasteiger partial charge in [-0.2, -0.15) is 5.10 Å². The van der Waals surface area contributed by atoms with E-state index in [0.717, 1.165) is 36.2 Å². The maximum Gasteiger partial charge on any atom is 0.136 e. The van der Waals surface area contributed by atoms with Gasteiger partial charge in [-0.05, 0) is 38.3 Å². The van der Waals surface area contributed by atoms with E-state index in [9.17, 15) is 0 Å². The van der Waals surface area contributed by atoms with E-state index >= 15 is 0 Å². The van der Waals surface area contributed by atoms with E-state index in [2.05, 4.69) is 29.1 Å². The number of rotatable bonds is 2. The van der Waals surface area contributed by atoms with Crippen LogP contribution in [0.1, 0.15) is 43.7 Å². The summed E-state index contributed by atoms with van der Waals surface area (Å²) in [6, 6.07) is 4.19. The zero-order valence-corrected chi connectivity index (χ0v) is 10.3. The smallest absolute Gasteiger partial charge is 0.136 e. The van der Waals surface area contributed by atoms with Crippen molar-refractivity contribution in [2.45, 2.75) is 45.3 Å². The average Bonchev–Trinajstić information content (AvgIpc) is 2.94. The molecule has 1 aliphatic rings. The highest BCUT2D eigenvalue weighted by atomic mass is 16.5. The van der Waals surface area contributed by atoms with Crippen molar-refractivity contribution in [2.75, 3.05) is 0 Å². The third-order valence-corrected chi connectivity index (χ3v) is 3.57. The summed E-state index contributed by atoms with van der Waals surface area (Å²) >= 11 is 0. The maximum absolute atomic E-state index is 6.02. The quantitative estimate of drug-likeness (QED) is 0.797. The van der Waals surface area contributed by atoms with Gasteiger partial charge in [0.25, 0.3) is 0 Å². The highest BCUT2D eigenvalue weighted by Crippen LogP contribution is 2.34. The summed E-state index contributed by atoms with van der Waals surface area (Å²) in [5.74, 6) is 0. The van der Waals surface area contributed by atoms with E-state index in [-0.39, 0.29) is 6.10 Å². The van der Waals surface area contributed by atoms with Gasteiger partial charge in [0.1, 0.15) is 6.33 Å². The third-order valence-electron chi connectivity index (χ3n) is 3.57. The van der Waals surface area contributed by atoms with Crippen molar-refractivity contribution in [3.8, 4) is 0 Å². The molecule has 3 heterocycles. The molecule has 0 aromatic carbocycles. The molecule has 0 unspecified atom stereocenters. The zero-order valence-electron chi connectivity index (χ0n) is 10.3. The predicted octanol–water partition coefficient (Wildman–Crippen LogP) is 2.67. The van der Waals surface area contributed by atoms with Crippen molar-refractivity contribution >= 4 is 5.52 Å². The minimum Gasteiger partial charge on any atom is -0.369 e. The van der Waals surface area contributed by atoms with Crippen LogP contribution in [0.4, 0.5) is 0 Å². The molecule has 2 aromatic heterocycles. The van der Waals surface area contributed by atoms with Crippen LogP contribution in [0.3, 0.4) is 0 Å². The monoisotopic (exact) mass is 231 g/mol. The molecule has 0 radical (unpaired) electrons. The first-order chi connectivity index (χ1) is 8.29. The minimum absolute atomic E-state index is 0.191. The molecule has 0 bridgehead atoms. The fourth-order valence-corrected chi connectivity index (χ4v) is 2.54. The highest BCUT2D eigenvalue weighted by molar-refractivity contribution is 5.52. The molecule has 0 spiro atoms. The summed E-state index contributed by atoms with van der Waals surface area (Å²) in [6.45, 7) is 4.18. The van der Waals surface area contributed by atoms with Gasteiger partial charge in [-0.3, -0.25) is 0 Å². The first-order valence-electron chi connectivity index (χ1n) is 6.24. The number of aryl methyl sites for hydroxylation is 1. The Hall–Kier alpha value is -1.42. The Kier molecular flexibility index (Phi) is 2.59. The molecule has 1 aliphatic heterocycles. The number of aromatic nitrogens is 3. The van der Waals surface area contributed by atoms with Gasteiger partial charge in [0, 0.05) is 0 Å². The molecule has 1 saturated heterocycles. The summed E-state index contributed by atoms with van der Waals surface area (Å²) in [4.78, 5) is 4.21. The van der Waals surface area contributed by atoms with Crippen LogP contribution in [0.15, 0.2) is 18.5 Å². The molecule has 0 aliphatic carbocycles. The van der Waals surface area contributed by atoms with Gasteiger partial charge in [0.05, 0.1) is 29.1 Å². The van der Waals surface area contributed by atoms with Crippen LogP contribution in [-0.2, 0) is 4.74 Å². The molecular formula is C13H17N3O. The van der Waals surface area contributed by atoms with Gasteiger partial charge in [0.15, 0.2) is 0 Å². The van der Waals surface area contributed by atoms with E-state index in [1.165, 1.54) is 0 Å². The first kappa shape index (κ1) is 10.7. The molecule has 2 aromatic rings. The summed E-state index contributed by atoms with van der Waals surface area (Å²) < 4.78 is 7.99. The number of fused-ring (bicyclic) bond motifs is 1. The fraction of sp³-hybridized carbons (Fsp3) is 0.538. The van der Waals surface area contributed by atoms with Crippen molar-refractivity contribution in [1.82, 2.24) is 14.6 Å². The Labute approximate surface area is 101 Å². The molecular weight excluding hydrogens is 214 g/mol. The molecule has 90 valence electrons. The van der Waals surface area contributed by atoms with Crippen molar-refractivity contribution in [1.29, 1.82) is 0 Å². The van der Waals surface area contributed by atoms with Crippen LogP contribution in [0.5, 0.6) is 0 Å². The molecule has 17 heavy (non-hydrogen) atoms. The Bertz CT molecular complexity index is 534. The molecule has 2 atom stereocenters. The number of hydrogen-bond donors (Lipinski definition) is 0. The Morgan fingerprint density at radius 3 is 3.06 bits per heavy atom. The van der Waals surface area contributed by atoms with Gasteiger partial charge in [-0.15, -0.1) is 0 Å². The molecule has 0 N–H and O–H groups in total. The minimum atomic E-state index is 0.191. The lowest BCUT2D eigenvalue weighted by molar-refractivity contribution is 0.0395. The molecule has 4 nitrogen and oxygen atoms in total. The van der Waals surface area contributed by atoms with Crippen LogP contribution in [0.2, 0.25) is 0 Å². The molecule has 0 saturated carbocycles. The Morgan fingerprint density at radius 2 is 2.29 bits per heavy atom. The van der Waals surface area contributed by atoms with Crippen LogP contribution in [-0.4, -0.2) is 20.7 Å². The van der Waals surface area contributed by atoms with Gasteiger partial charge >= 0.3 is 0 Å². The standard InChI is InChI=1S/C13H17N3O/c1-3-10-4-7-13(17-10)12-6-5-11-9(2)14-8-15-16(11)12/h5-6,8,10,13H,3-4,7H2,1-2H3/t10-,13-/m1/s1. The van der Waals surface area contributed by atoms with Crippen molar-refractivity contribution in [3.05, 3.63) is 29.8 Å². The molecule has 3 rings (SSSR count). The Balaban J connectivity index is 1.99. The second kappa shape index (κ2) is 4.11. The van der Waals surface area contributed by atoms with Crippen molar-refractivity contribution in [3.63, 3.8) is 0 Å². The van der Waals surface area contributed by atoms with Crippen LogP contribution in [0, 0.1) is 6.92 Å². The second-order valence-corrected chi connectivity index (χ2v) is 4.63. The van der Waals surface area contributed by atoms with Gasteiger partial charge in [-0.25, -0.2) is 9.50 Å². The van der Waals surface area contributed by atoms with Gasteiger partial charge in [-0.1, -0.05) is 6.92 Å². The average molecular weight is 231 g/mol. The maximum atomic E-state index is 6.02. The lowest BCUT2D eigenvalue weighted by atomic mass is 10.1. The van der Waals surface area contributed by atoms with Crippen LogP contribution >= 0.6 is 0 Å². The van der Waals surface area contributed by atoms with Gasteiger partial charge < -0.3 is 4.74 Å². The normalized spacial score (nSPS) is 24.6. The first-order valence-corrected chi connectivity index (χ1v) is 6.24. The van der Waals surface area contributed by atoms with E-state index in [1.54, 1.807) is 6.33 Å². The lowest BCUT2D eigenvalue weighted by Crippen LogP contribution is -2.08. The summed E-state index contributed by atoms with van der Waals surface area (Å²) in [5.41, 5.74) is 3.24. The predicted molar refractivity (Wildman–Crippen MR) is 64.9 cm³/mol. The summed E-state index contributed by atoms with van der Waals surface area (Å²) in [6.07, 6.45) is 5.54. The number of ether oxygens (including phenoxy) is 1. The van der Waals surface area contributed by atoms with Gasteiger partial charge in [0.2, 0.25) is 0 Å². The summed E-state index contributed by atoms with van der Waals surface area (Å²) in [7, 11) is 0. The van der Waals surface area contributed by atoms with Crippen molar-refractivity contribution < 1.29 is 4.74 Å². The van der Waals surface area contributed by atoms with Crippen LogP contribution in [0.25, 0.3) is 5.52 Å². The van der Waals surface area contributed by atoms with E-state index in [4.69, 9.17) is 4.74 Å². The molecule has 4 heteroatoms. The summed E-state index contributed by atoms with van der Waals surface area (Å²) in [5, 5.41) is 4.32. The molecule has 0 amide bonds. The zero-order chi connectivity index (χ0) is 11.8. The van der Waals surface area contributed by atoms with E-state index < -0.39 is 0 Å². The second-order valence-electron chi connectivity index (χ2n) is 4.63. The SMILES string of the molecule is CC[C@@H]1CC[C@H](c2ccc3c(C)ncnn23)O1. The number of hydrogen-bond acceptors (Lipinski definition) is 3. The van der Waals surface area contributed by atoms with E-state index in [1.807, 2.05) is 11.4 Å². The van der Waals surface area contributed by atoms with E-state index in [0.29, 0.717) is 6.10 Å². The third kappa shape index (κ3) is 1.72. The topological polar surface area (TPSA) is 39.4 Å². The lowest BCUT2D eigenvalue weighted by Gasteiger charge is -2.12. The highest BCUT2D eigenvalue weighted by Gasteiger charge is 2.27. The largest absolute Gasteiger partial charge is 0.369 e. The molecule has 1 fully saturated rings. The Morgan fingerprint density at radius 1 is 1.41 bits per heavy atom. The number of nitrogens with zero attached hydrogens (tertiary/aromatic N) is 3.